The number of carbonyl (C=O) groups excluding carboxylic acids is 1. The summed E-state index contributed by atoms with van der Waals surface area (Å²) in [6.45, 7) is 0. The highest BCUT2D eigenvalue weighted by molar-refractivity contribution is 5.97. The number of nitrogens with zero attached hydrogens (tertiary/aromatic N) is 1. The number of aromatic nitrogens is 2. The maximum atomic E-state index is 12.1. The number of nitrogens with one attached hydrogen (secondary N) is 1. The Labute approximate surface area is 120 Å². The molecule has 1 aliphatic rings. The van der Waals surface area contributed by atoms with E-state index in [1.165, 1.54) is 0 Å². The van der Waals surface area contributed by atoms with Crippen molar-refractivity contribution in [1.82, 2.24) is 9.97 Å². The van der Waals surface area contributed by atoms with Gasteiger partial charge in [-0.3, -0.25) is 4.98 Å². The number of H-pyrrole nitrogens is 1. The summed E-state index contributed by atoms with van der Waals surface area (Å²) >= 11 is 0. The van der Waals surface area contributed by atoms with E-state index in [1.807, 2.05) is 24.3 Å². The van der Waals surface area contributed by atoms with Crippen LogP contribution in [0.1, 0.15) is 27.7 Å². The minimum absolute atomic E-state index is 0.357. The highest BCUT2D eigenvalue weighted by Gasteiger charge is 2.35. The van der Waals surface area contributed by atoms with Gasteiger partial charge in [-0.25, -0.2) is 4.79 Å². The van der Waals surface area contributed by atoms with E-state index < -0.39 is 6.10 Å². The molecule has 1 unspecified atom stereocenters. The first kappa shape index (κ1) is 12.0. The minimum atomic E-state index is -0.435. The number of hydrogen-bond donors (Lipinski definition) is 1. The van der Waals surface area contributed by atoms with Gasteiger partial charge in [-0.05, 0) is 18.2 Å². The highest BCUT2D eigenvalue weighted by atomic mass is 16.6. The van der Waals surface area contributed by atoms with Crippen molar-refractivity contribution < 1.29 is 14.3 Å². The van der Waals surface area contributed by atoms with Crippen LogP contribution in [0.25, 0.3) is 10.9 Å². The molecule has 3 aromatic rings. The molecule has 0 saturated heterocycles. The summed E-state index contributed by atoms with van der Waals surface area (Å²) in [6.07, 6.45) is 3.06. The third-order valence-electron chi connectivity index (χ3n) is 3.71. The molecule has 3 heterocycles. The molecule has 1 aromatic carbocycles. The summed E-state index contributed by atoms with van der Waals surface area (Å²) in [5.41, 5.74) is 3.12. The Hall–Kier alpha value is -2.82. The predicted molar refractivity (Wildman–Crippen MR) is 76.3 cm³/mol. The van der Waals surface area contributed by atoms with Crippen molar-refractivity contribution in [3.63, 3.8) is 0 Å². The van der Waals surface area contributed by atoms with E-state index in [9.17, 15) is 4.79 Å². The summed E-state index contributed by atoms with van der Waals surface area (Å²) in [5.74, 6) is 0.182. The first-order valence-corrected chi connectivity index (χ1v) is 6.58. The van der Waals surface area contributed by atoms with Gasteiger partial charge in [0.1, 0.15) is 11.3 Å². The van der Waals surface area contributed by atoms with E-state index >= 15 is 0 Å². The highest BCUT2D eigenvalue weighted by Crippen LogP contribution is 2.40. The lowest BCUT2D eigenvalue weighted by molar-refractivity contribution is 0.0448. The van der Waals surface area contributed by atoms with Gasteiger partial charge < -0.3 is 14.5 Å². The second kappa shape index (κ2) is 4.34. The molecule has 4 rings (SSSR count). The van der Waals surface area contributed by atoms with E-state index in [-0.39, 0.29) is 5.97 Å². The smallest absolute Gasteiger partial charge is 0.343 e. The quantitative estimate of drug-likeness (QED) is 0.733. The molecule has 0 bridgehead atoms. The fraction of sp³-hybridized carbons (Fsp3) is 0.125. The lowest BCUT2D eigenvalue weighted by atomic mass is 10.0. The van der Waals surface area contributed by atoms with Gasteiger partial charge in [0.2, 0.25) is 0 Å². The molecule has 0 amide bonds. The predicted octanol–water partition coefficient (Wildman–Crippen LogP) is 2.83. The summed E-state index contributed by atoms with van der Waals surface area (Å²) in [6, 6.07) is 9.35. The Morgan fingerprint density at radius 3 is 3.05 bits per heavy atom. The Morgan fingerprint density at radius 2 is 2.24 bits per heavy atom. The minimum Gasteiger partial charge on any atom is -0.496 e. The molecule has 21 heavy (non-hydrogen) atoms. The number of hydrogen-bond acceptors (Lipinski definition) is 4. The van der Waals surface area contributed by atoms with Crippen LogP contribution in [0.4, 0.5) is 0 Å². The number of rotatable bonds is 2. The van der Waals surface area contributed by atoms with Crippen molar-refractivity contribution in [3.05, 3.63) is 59.5 Å². The third kappa shape index (κ3) is 1.71. The van der Waals surface area contributed by atoms with Gasteiger partial charge >= 0.3 is 5.97 Å². The summed E-state index contributed by atoms with van der Waals surface area (Å²) in [4.78, 5) is 19.5. The Morgan fingerprint density at radius 1 is 1.33 bits per heavy atom. The van der Waals surface area contributed by atoms with E-state index in [4.69, 9.17) is 9.47 Å². The SMILES string of the molecule is COc1cccc2c1C(=O)OC2c1cc2cnccc2[nH]1. The largest absolute Gasteiger partial charge is 0.496 e. The zero-order valence-corrected chi connectivity index (χ0v) is 11.3. The van der Waals surface area contributed by atoms with Crippen molar-refractivity contribution in [1.29, 1.82) is 0 Å². The molecule has 0 aliphatic carbocycles. The van der Waals surface area contributed by atoms with Gasteiger partial charge in [-0.15, -0.1) is 0 Å². The van der Waals surface area contributed by atoms with Gasteiger partial charge in [0, 0.05) is 28.9 Å². The summed E-state index contributed by atoms with van der Waals surface area (Å²) in [7, 11) is 1.55. The molecular formula is C16H12N2O3. The van der Waals surface area contributed by atoms with Crippen molar-refractivity contribution in [2.45, 2.75) is 6.10 Å². The fourth-order valence-corrected chi connectivity index (χ4v) is 2.75. The zero-order chi connectivity index (χ0) is 14.4. The number of fused-ring (bicyclic) bond motifs is 2. The maximum absolute atomic E-state index is 12.1. The molecule has 1 N–H and O–H groups in total. The second-order valence-electron chi connectivity index (χ2n) is 4.90. The third-order valence-corrected chi connectivity index (χ3v) is 3.71. The molecule has 1 aliphatic heterocycles. The van der Waals surface area contributed by atoms with Gasteiger partial charge in [0.05, 0.1) is 12.8 Å². The second-order valence-corrected chi connectivity index (χ2v) is 4.90. The van der Waals surface area contributed by atoms with Crippen LogP contribution in [0.3, 0.4) is 0 Å². The van der Waals surface area contributed by atoms with Crippen LogP contribution in [0, 0.1) is 0 Å². The van der Waals surface area contributed by atoms with Crippen LogP contribution < -0.4 is 4.74 Å². The number of pyridine rings is 1. The number of cyclic esters (lactones) is 1. The molecule has 104 valence electrons. The first-order valence-electron chi connectivity index (χ1n) is 6.58. The van der Waals surface area contributed by atoms with E-state index in [1.54, 1.807) is 25.6 Å². The van der Waals surface area contributed by atoms with Crippen LogP contribution in [-0.2, 0) is 4.74 Å². The van der Waals surface area contributed by atoms with Crippen molar-refractivity contribution in [2.75, 3.05) is 7.11 Å². The van der Waals surface area contributed by atoms with Crippen LogP contribution in [0.15, 0.2) is 42.7 Å². The Kier molecular flexibility index (Phi) is 2.47. The van der Waals surface area contributed by atoms with E-state index in [0.29, 0.717) is 11.3 Å². The van der Waals surface area contributed by atoms with Gasteiger partial charge in [-0.2, -0.15) is 0 Å². The maximum Gasteiger partial charge on any atom is 0.343 e. The molecule has 0 saturated carbocycles. The van der Waals surface area contributed by atoms with E-state index in [0.717, 1.165) is 22.2 Å². The van der Waals surface area contributed by atoms with Gasteiger partial charge in [0.25, 0.3) is 0 Å². The topological polar surface area (TPSA) is 64.2 Å². The van der Waals surface area contributed by atoms with Crippen LogP contribution in [0.5, 0.6) is 5.75 Å². The molecule has 0 radical (unpaired) electrons. The Bertz CT molecular complexity index is 821. The average Bonchev–Trinajstić information content (AvgIpc) is 3.08. The summed E-state index contributed by atoms with van der Waals surface area (Å²) in [5, 5.41) is 0.986. The van der Waals surface area contributed by atoms with Crippen molar-refractivity contribution in [2.24, 2.45) is 0 Å². The Balaban J connectivity index is 1.87. The fourth-order valence-electron chi connectivity index (χ4n) is 2.75. The number of carbonyl (C=O) groups is 1. The average molecular weight is 280 g/mol. The van der Waals surface area contributed by atoms with Crippen molar-refractivity contribution in [3.8, 4) is 5.75 Å². The number of esters is 1. The standard InChI is InChI=1S/C16H12N2O3/c1-20-13-4-2-3-10-14(13)16(19)21-15(10)12-7-9-8-17-6-5-11(9)18-12/h2-8,15,18H,1H3. The number of aromatic amines is 1. The van der Waals surface area contributed by atoms with Crippen molar-refractivity contribution >= 4 is 16.9 Å². The number of ether oxygens (including phenoxy) is 2. The normalized spacial score (nSPS) is 16.8. The van der Waals surface area contributed by atoms with E-state index in [2.05, 4.69) is 9.97 Å². The zero-order valence-electron chi connectivity index (χ0n) is 11.3. The molecular weight excluding hydrogens is 268 g/mol. The van der Waals surface area contributed by atoms with Crippen LogP contribution in [0.2, 0.25) is 0 Å². The molecule has 1 atom stereocenters. The van der Waals surface area contributed by atoms with Gasteiger partial charge in [0.15, 0.2) is 6.10 Å². The molecule has 2 aromatic heterocycles. The summed E-state index contributed by atoms with van der Waals surface area (Å²) < 4.78 is 10.8. The lowest BCUT2D eigenvalue weighted by Crippen LogP contribution is -2.00. The molecule has 0 spiro atoms. The first-order chi connectivity index (χ1) is 10.3. The number of methoxy groups -OCH3 is 1. The molecule has 5 heteroatoms. The van der Waals surface area contributed by atoms with Gasteiger partial charge in [-0.1, -0.05) is 12.1 Å². The monoisotopic (exact) mass is 280 g/mol. The van der Waals surface area contributed by atoms with Crippen LogP contribution in [-0.4, -0.2) is 23.0 Å². The molecule has 5 nitrogen and oxygen atoms in total. The number of benzene rings is 1. The van der Waals surface area contributed by atoms with Crippen LogP contribution >= 0.6 is 0 Å². The molecule has 0 fully saturated rings. The lowest BCUT2D eigenvalue weighted by Gasteiger charge is -2.08.